The number of anilines is 1. The lowest BCUT2D eigenvalue weighted by molar-refractivity contribution is -0.137. The van der Waals surface area contributed by atoms with E-state index in [1.807, 2.05) is 4.98 Å². The first-order valence-corrected chi connectivity index (χ1v) is 8.99. The third-order valence-corrected chi connectivity index (χ3v) is 4.58. The Morgan fingerprint density at radius 2 is 1.71 bits per heavy atom. The van der Waals surface area contributed by atoms with E-state index in [1.165, 1.54) is 30.3 Å². The Balaban J connectivity index is 1.79. The molecule has 5 nitrogen and oxygen atoms in total. The number of hydrogen-bond acceptors (Lipinski definition) is 3. The van der Waals surface area contributed by atoms with Gasteiger partial charge in [-0.25, -0.2) is 9.37 Å². The second-order valence-electron chi connectivity index (χ2n) is 6.66. The number of alkyl halides is 3. The predicted octanol–water partition coefficient (Wildman–Crippen LogP) is 5.00. The highest BCUT2D eigenvalue weighted by molar-refractivity contribution is 6.13. The molecule has 4 rings (SSSR count). The number of pyridine rings is 2. The van der Waals surface area contributed by atoms with Crippen LogP contribution in [0.25, 0.3) is 22.2 Å². The van der Waals surface area contributed by atoms with Crippen LogP contribution in [0.5, 0.6) is 0 Å². The van der Waals surface area contributed by atoms with Crippen molar-refractivity contribution < 1.29 is 22.4 Å². The van der Waals surface area contributed by atoms with E-state index in [1.54, 1.807) is 24.3 Å². The number of nitrogens with zero attached hydrogens (tertiary/aromatic N) is 1. The standard InChI is InChI=1S/C22H13F4N3O2/c23-14-7-5-12(6-8-14)18-10-16(15-3-1-2-4-17(15)28-18)20(30)29-19-9-13(22(24,25)26)11-27-21(19)31/h1-11H,(H,27,31)(H,29,30). The summed E-state index contributed by atoms with van der Waals surface area (Å²) in [5.74, 6) is -1.22. The van der Waals surface area contributed by atoms with Gasteiger partial charge >= 0.3 is 6.18 Å². The third-order valence-electron chi connectivity index (χ3n) is 4.58. The van der Waals surface area contributed by atoms with E-state index < -0.39 is 34.7 Å². The van der Waals surface area contributed by atoms with Crippen LogP contribution in [0.15, 0.2) is 71.7 Å². The monoisotopic (exact) mass is 427 g/mol. The van der Waals surface area contributed by atoms with Gasteiger partial charge in [-0.15, -0.1) is 0 Å². The molecule has 0 spiro atoms. The zero-order chi connectivity index (χ0) is 22.2. The van der Waals surface area contributed by atoms with E-state index in [9.17, 15) is 27.2 Å². The molecular weight excluding hydrogens is 414 g/mol. The summed E-state index contributed by atoms with van der Waals surface area (Å²) in [5, 5.41) is 2.69. The minimum atomic E-state index is -4.69. The maximum absolute atomic E-state index is 13.3. The number of carbonyl (C=O) groups excluding carboxylic acids is 1. The van der Waals surface area contributed by atoms with Crippen LogP contribution in [0.4, 0.5) is 23.2 Å². The lowest BCUT2D eigenvalue weighted by atomic mass is 10.0. The largest absolute Gasteiger partial charge is 0.417 e. The molecule has 2 aromatic heterocycles. The molecule has 0 aliphatic rings. The van der Waals surface area contributed by atoms with E-state index in [4.69, 9.17) is 0 Å². The zero-order valence-electron chi connectivity index (χ0n) is 15.6. The highest BCUT2D eigenvalue weighted by Gasteiger charge is 2.31. The number of hydrogen-bond donors (Lipinski definition) is 2. The van der Waals surface area contributed by atoms with Crippen molar-refractivity contribution in [2.24, 2.45) is 0 Å². The van der Waals surface area contributed by atoms with Crippen LogP contribution in [0.2, 0.25) is 0 Å². The molecule has 1 amide bonds. The molecule has 2 heterocycles. The van der Waals surface area contributed by atoms with Gasteiger partial charge in [-0.05, 0) is 42.5 Å². The quantitative estimate of drug-likeness (QED) is 0.452. The van der Waals surface area contributed by atoms with Gasteiger partial charge in [-0.3, -0.25) is 9.59 Å². The summed E-state index contributed by atoms with van der Waals surface area (Å²) in [7, 11) is 0. The number of H-pyrrole nitrogens is 1. The fourth-order valence-electron chi connectivity index (χ4n) is 3.06. The van der Waals surface area contributed by atoms with Crippen molar-refractivity contribution in [1.82, 2.24) is 9.97 Å². The molecule has 156 valence electrons. The van der Waals surface area contributed by atoms with Crippen LogP contribution in [0.3, 0.4) is 0 Å². The normalized spacial score (nSPS) is 11.5. The molecule has 31 heavy (non-hydrogen) atoms. The average molecular weight is 427 g/mol. The summed E-state index contributed by atoms with van der Waals surface area (Å²) in [5.41, 5.74) is -1.06. The van der Waals surface area contributed by atoms with Crippen molar-refractivity contribution in [2.75, 3.05) is 5.32 Å². The molecule has 0 saturated heterocycles. The second-order valence-corrected chi connectivity index (χ2v) is 6.66. The van der Waals surface area contributed by atoms with Crippen molar-refractivity contribution in [1.29, 1.82) is 0 Å². The zero-order valence-corrected chi connectivity index (χ0v) is 15.6. The fraction of sp³-hybridized carbons (Fsp3) is 0.0455. The van der Waals surface area contributed by atoms with Crippen LogP contribution in [-0.2, 0) is 6.18 Å². The summed E-state index contributed by atoms with van der Waals surface area (Å²) in [4.78, 5) is 31.4. The van der Waals surface area contributed by atoms with E-state index in [2.05, 4.69) is 10.3 Å². The smallest absolute Gasteiger partial charge is 0.327 e. The van der Waals surface area contributed by atoms with E-state index in [0.717, 1.165) is 0 Å². The van der Waals surface area contributed by atoms with Crippen molar-refractivity contribution in [3.8, 4) is 11.3 Å². The van der Waals surface area contributed by atoms with Gasteiger partial charge in [-0.2, -0.15) is 13.2 Å². The van der Waals surface area contributed by atoms with E-state index in [-0.39, 0.29) is 5.56 Å². The Bertz CT molecular complexity index is 1350. The van der Waals surface area contributed by atoms with Crippen LogP contribution in [-0.4, -0.2) is 15.9 Å². The first-order valence-electron chi connectivity index (χ1n) is 8.99. The van der Waals surface area contributed by atoms with Gasteiger partial charge in [0.2, 0.25) is 0 Å². The van der Waals surface area contributed by atoms with Gasteiger partial charge in [0.05, 0.1) is 22.3 Å². The van der Waals surface area contributed by atoms with Gasteiger partial charge in [0.25, 0.3) is 11.5 Å². The Kier molecular flexibility index (Phi) is 5.02. The number of benzene rings is 2. The van der Waals surface area contributed by atoms with Crippen molar-refractivity contribution in [3.05, 3.63) is 94.2 Å². The fourth-order valence-corrected chi connectivity index (χ4v) is 3.06. The highest BCUT2D eigenvalue weighted by atomic mass is 19.4. The molecule has 0 radical (unpaired) electrons. The second kappa shape index (κ2) is 7.67. The van der Waals surface area contributed by atoms with Crippen molar-refractivity contribution in [2.45, 2.75) is 6.18 Å². The number of fused-ring (bicyclic) bond motifs is 1. The Morgan fingerprint density at radius 3 is 2.42 bits per heavy atom. The molecule has 2 N–H and O–H groups in total. The molecule has 0 atom stereocenters. The van der Waals surface area contributed by atoms with Gasteiger partial charge < -0.3 is 10.3 Å². The number of halogens is 4. The number of carbonyl (C=O) groups is 1. The molecule has 9 heteroatoms. The number of aromatic nitrogens is 2. The summed E-state index contributed by atoms with van der Waals surface area (Å²) in [6.07, 6.45) is -4.16. The summed E-state index contributed by atoms with van der Waals surface area (Å²) >= 11 is 0. The summed E-state index contributed by atoms with van der Waals surface area (Å²) < 4.78 is 52.2. The Morgan fingerprint density at radius 1 is 1.00 bits per heavy atom. The summed E-state index contributed by atoms with van der Waals surface area (Å²) in [6, 6.07) is 14.2. The Hall–Kier alpha value is -4.01. The number of rotatable bonds is 3. The minimum Gasteiger partial charge on any atom is -0.327 e. The average Bonchev–Trinajstić information content (AvgIpc) is 2.74. The van der Waals surface area contributed by atoms with Crippen molar-refractivity contribution in [3.63, 3.8) is 0 Å². The topological polar surface area (TPSA) is 74.8 Å². The van der Waals surface area contributed by atoms with Crippen molar-refractivity contribution >= 4 is 22.5 Å². The molecule has 2 aromatic carbocycles. The van der Waals surface area contributed by atoms with E-state index >= 15 is 0 Å². The Labute approximate surface area is 172 Å². The number of para-hydroxylation sites is 1. The van der Waals surface area contributed by atoms with E-state index in [0.29, 0.717) is 34.4 Å². The number of aromatic amines is 1. The lowest BCUT2D eigenvalue weighted by Crippen LogP contribution is -2.21. The number of amides is 1. The molecule has 4 aromatic rings. The molecule has 0 unspecified atom stereocenters. The highest BCUT2D eigenvalue weighted by Crippen LogP contribution is 2.30. The van der Waals surface area contributed by atoms with Gasteiger partial charge in [0.1, 0.15) is 11.5 Å². The van der Waals surface area contributed by atoms with Gasteiger partial charge in [0, 0.05) is 17.1 Å². The maximum atomic E-state index is 13.3. The maximum Gasteiger partial charge on any atom is 0.417 e. The van der Waals surface area contributed by atoms with Gasteiger partial charge in [-0.1, -0.05) is 18.2 Å². The third kappa shape index (κ3) is 4.16. The molecule has 0 aliphatic heterocycles. The predicted molar refractivity (Wildman–Crippen MR) is 107 cm³/mol. The van der Waals surface area contributed by atoms with Crippen LogP contribution in [0, 0.1) is 5.82 Å². The molecule has 0 saturated carbocycles. The first-order chi connectivity index (χ1) is 14.7. The van der Waals surface area contributed by atoms with Crippen LogP contribution < -0.4 is 10.9 Å². The molecule has 0 fully saturated rings. The lowest BCUT2D eigenvalue weighted by Gasteiger charge is -2.12. The first kappa shape index (κ1) is 20.3. The van der Waals surface area contributed by atoms with Gasteiger partial charge in [0.15, 0.2) is 0 Å². The number of nitrogens with one attached hydrogen (secondary N) is 2. The summed E-state index contributed by atoms with van der Waals surface area (Å²) in [6.45, 7) is 0. The van der Waals surface area contributed by atoms with Crippen LogP contribution in [0.1, 0.15) is 15.9 Å². The minimum absolute atomic E-state index is 0.0988. The molecule has 0 bridgehead atoms. The van der Waals surface area contributed by atoms with Crippen LogP contribution >= 0.6 is 0 Å². The molecular formula is C22H13F4N3O2. The molecule has 0 aliphatic carbocycles. The SMILES string of the molecule is O=C(Nc1cc(C(F)(F)F)c[nH]c1=O)c1cc(-c2ccc(F)cc2)nc2ccccc12.